The fraction of sp³-hybridized carbons (Fsp3) is 0.0500. The lowest BCUT2D eigenvalue weighted by Gasteiger charge is -1.99. The van der Waals surface area contributed by atoms with E-state index in [9.17, 15) is 4.79 Å². The van der Waals surface area contributed by atoms with Gasteiger partial charge in [0.25, 0.3) is 0 Å². The molecule has 0 saturated carbocycles. The third kappa shape index (κ3) is 5.22. The van der Waals surface area contributed by atoms with Crippen molar-refractivity contribution in [2.24, 2.45) is 0 Å². The predicted molar refractivity (Wildman–Crippen MR) is 91.1 cm³/mol. The Balaban J connectivity index is 2.31. The zero-order valence-corrected chi connectivity index (χ0v) is 12.7. The van der Waals surface area contributed by atoms with Gasteiger partial charge < -0.3 is 9.84 Å². The van der Waals surface area contributed by atoms with Crippen LogP contribution >= 0.6 is 0 Å². The van der Waals surface area contributed by atoms with Gasteiger partial charge in [0.2, 0.25) is 0 Å². The minimum absolute atomic E-state index is 0.749. The lowest BCUT2D eigenvalue weighted by Crippen LogP contribution is -1.86. The van der Waals surface area contributed by atoms with Crippen LogP contribution in [0.3, 0.4) is 0 Å². The van der Waals surface area contributed by atoms with Crippen LogP contribution in [0.1, 0.15) is 11.1 Å². The van der Waals surface area contributed by atoms with Gasteiger partial charge in [0.15, 0.2) is 0 Å². The maximum atomic E-state index is 10.6. The van der Waals surface area contributed by atoms with Crippen molar-refractivity contribution in [1.82, 2.24) is 0 Å². The van der Waals surface area contributed by atoms with E-state index in [0.717, 1.165) is 28.5 Å². The molecule has 2 aromatic rings. The fourth-order valence-electron chi connectivity index (χ4n) is 1.87. The van der Waals surface area contributed by atoms with E-state index in [1.807, 2.05) is 54.6 Å². The Labute approximate surface area is 135 Å². The molecule has 0 aliphatic rings. The second-order valence-electron chi connectivity index (χ2n) is 4.62. The standard InChI is InChI=1S/C20H16O3/c1-23-19-14-11-16(12-15-19)10-13-18(8-5-9-20(21)22)17-6-3-2-4-7-17/h2-9,11-12,14-15H,1H3,(H,21,22)/b9-5-,18-8+. The summed E-state index contributed by atoms with van der Waals surface area (Å²) in [5, 5.41) is 8.69. The van der Waals surface area contributed by atoms with Gasteiger partial charge in [-0.2, -0.15) is 0 Å². The first-order chi connectivity index (χ1) is 11.2. The van der Waals surface area contributed by atoms with Crippen molar-refractivity contribution in [2.45, 2.75) is 0 Å². The Morgan fingerprint density at radius 2 is 1.78 bits per heavy atom. The number of methoxy groups -OCH3 is 1. The summed E-state index contributed by atoms with van der Waals surface area (Å²) in [7, 11) is 1.62. The molecule has 0 amide bonds. The molecule has 0 spiro atoms. The summed E-state index contributed by atoms with van der Waals surface area (Å²) < 4.78 is 5.12. The first-order valence-corrected chi connectivity index (χ1v) is 7.02. The molecule has 3 heteroatoms. The van der Waals surface area contributed by atoms with Crippen LogP contribution in [-0.4, -0.2) is 18.2 Å². The Morgan fingerprint density at radius 3 is 2.39 bits per heavy atom. The number of allylic oxidation sites excluding steroid dienone is 3. The molecule has 0 unspecified atom stereocenters. The number of ether oxygens (including phenoxy) is 1. The Kier molecular flexibility index (Phi) is 5.79. The van der Waals surface area contributed by atoms with E-state index in [2.05, 4.69) is 11.8 Å². The topological polar surface area (TPSA) is 46.5 Å². The van der Waals surface area contributed by atoms with E-state index in [1.165, 1.54) is 6.08 Å². The Bertz CT molecular complexity index is 773. The second kappa shape index (κ2) is 8.26. The molecule has 3 nitrogen and oxygen atoms in total. The third-order valence-corrected chi connectivity index (χ3v) is 3.02. The van der Waals surface area contributed by atoms with Crippen molar-refractivity contribution >= 4 is 11.5 Å². The number of carbonyl (C=O) groups is 1. The highest BCUT2D eigenvalue weighted by Crippen LogP contribution is 2.14. The van der Waals surface area contributed by atoms with Crippen molar-refractivity contribution in [1.29, 1.82) is 0 Å². The molecule has 0 heterocycles. The zero-order valence-electron chi connectivity index (χ0n) is 12.7. The van der Waals surface area contributed by atoms with E-state index in [0.29, 0.717) is 0 Å². The van der Waals surface area contributed by atoms with Gasteiger partial charge in [0.1, 0.15) is 5.75 Å². The molecule has 0 aromatic heterocycles. The van der Waals surface area contributed by atoms with Crippen LogP contribution < -0.4 is 4.74 Å². The first kappa shape index (κ1) is 16.1. The number of carboxylic acids is 1. The average molecular weight is 304 g/mol. The number of benzene rings is 2. The molecule has 0 aliphatic carbocycles. The molecule has 2 aromatic carbocycles. The van der Waals surface area contributed by atoms with Crippen molar-refractivity contribution in [2.75, 3.05) is 7.11 Å². The van der Waals surface area contributed by atoms with E-state index in [-0.39, 0.29) is 0 Å². The predicted octanol–water partition coefficient (Wildman–Crippen LogP) is 3.77. The molecular weight excluding hydrogens is 288 g/mol. The SMILES string of the molecule is COc1ccc(C#C/C(=C\C=C/C(=O)O)c2ccccc2)cc1. The lowest BCUT2D eigenvalue weighted by molar-refractivity contribution is -0.131. The number of aliphatic carboxylic acids is 1. The van der Waals surface area contributed by atoms with Crippen molar-refractivity contribution in [3.63, 3.8) is 0 Å². The van der Waals surface area contributed by atoms with Gasteiger partial charge in [0, 0.05) is 17.2 Å². The number of carboxylic acid groups (broad SMARTS) is 1. The highest BCUT2D eigenvalue weighted by Gasteiger charge is 1.96. The molecule has 0 radical (unpaired) electrons. The van der Waals surface area contributed by atoms with Gasteiger partial charge in [-0.25, -0.2) is 4.79 Å². The molecule has 0 saturated heterocycles. The molecule has 0 aliphatic heterocycles. The van der Waals surface area contributed by atoms with Gasteiger partial charge >= 0.3 is 5.97 Å². The highest BCUT2D eigenvalue weighted by molar-refractivity contribution is 5.83. The number of hydrogen-bond acceptors (Lipinski definition) is 2. The smallest absolute Gasteiger partial charge is 0.328 e. The Morgan fingerprint density at radius 1 is 1.09 bits per heavy atom. The fourth-order valence-corrected chi connectivity index (χ4v) is 1.87. The van der Waals surface area contributed by atoms with E-state index in [4.69, 9.17) is 9.84 Å². The van der Waals surface area contributed by atoms with Crippen LogP contribution in [0.5, 0.6) is 5.75 Å². The van der Waals surface area contributed by atoms with E-state index < -0.39 is 5.97 Å². The summed E-state index contributed by atoms with van der Waals surface area (Å²) in [6, 6.07) is 17.1. The first-order valence-electron chi connectivity index (χ1n) is 7.02. The lowest BCUT2D eigenvalue weighted by atomic mass is 10.1. The maximum absolute atomic E-state index is 10.6. The molecule has 0 fully saturated rings. The van der Waals surface area contributed by atoms with Gasteiger partial charge in [-0.05, 0) is 35.9 Å². The minimum atomic E-state index is -0.989. The van der Waals surface area contributed by atoms with Gasteiger partial charge in [-0.15, -0.1) is 0 Å². The van der Waals surface area contributed by atoms with Crippen LogP contribution in [0, 0.1) is 11.8 Å². The molecular formula is C20H16O3. The van der Waals surface area contributed by atoms with Crippen molar-refractivity contribution < 1.29 is 14.6 Å². The third-order valence-electron chi connectivity index (χ3n) is 3.02. The Hall–Kier alpha value is -3.25. The summed E-state index contributed by atoms with van der Waals surface area (Å²) >= 11 is 0. The van der Waals surface area contributed by atoms with Gasteiger partial charge in [-0.3, -0.25) is 0 Å². The van der Waals surface area contributed by atoms with Crippen LogP contribution in [0.2, 0.25) is 0 Å². The number of rotatable bonds is 4. The molecule has 114 valence electrons. The van der Waals surface area contributed by atoms with Crippen LogP contribution in [0.15, 0.2) is 72.8 Å². The van der Waals surface area contributed by atoms with Gasteiger partial charge in [-0.1, -0.05) is 48.2 Å². The summed E-state index contributed by atoms with van der Waals surface area (Å²) in [5.74, 6) is 5.95. The normalized spacial score (nSPS) is 10.9. The maximum Gasteiger partial charge on any atom is 0.328 e. The van der Waals surface area contributed by atoms with E-state index >= 15 is 0 Å². The quantitative estimate of drug-likeness (QED) is 0.531. The monoisotopic (exact) mass is 304 g/mol. The number of hydrogen-bond donors (Lipinski definition) is 1. The summed E-state index contributed by atoms with van der Waals surface area (Å²) in [4.78, 5) is 10.6. The van der Waals surface area contributed by atoms with E-state index in [1.54, 1.807) is 13.2 Å². The van der Waals surface area contributed by atoms with Gasteiger partial charge in [0.05, 0.1) is 7.11 Å². The van der Waals surface area contributed by atoms with Crippen LogP contribution in [-0.2, 0) is 4.79 Å². The van der Waals surface area contributed by atoms with Crippen LogP contribution in [0.4, 0.5) is 0 Å². The molecule has 1 N–H and O–H groups in total. The highest BCUT2D eigenvalue weighted by atomic mass is 16.5. The summed E-state index contributed by atoms with van der Waals surface area (Å²) in [6.07, 6.45) is 4.26. The van der Waals surface area contributed by atoms with Crippen LogP contribution in [0.25, 0.3) is 5.57 Å². The minimum Gasteiger partial charge on any atom is -0.497 e. The van der Waals surface area contributed by atoms with Crippen molar-refractivity contribution in [3.8, 4) is 17.6 Å². The molecule has 0 bridgehead atoms. The van der Waals surface area contributed by atoms with Crippen molar-refractivity contribution in [3.05, 3.63) is 84.0 Å². The summed E-state index contributed by atoms with van der Waals surface area (Å²) in [5.41, 5.74) is 2.54. The summed E-state index contributed by atoms with van der Waals surface area (Å²) in [6.45, 7) is 0. The molecule has 0 atom stereocenters. The largest absolute Gasteiger partial charge is 0.497 e. The average Bonchev–Trinajstić information content (AvgIpc) is 2.59. The second-order valence-corrected chi connectivity index (χ2v) is 4.62. The zero-order chi connectivity index (χ0) is 16.5. The molecule has 2 rings (SSSR count). The molecule has 23 heavy (non-hydrogen) atoms.